The molecule has 0 aromatic rings. The van der Waals surface area contributed by atoms with Crippen LogP contribution in [0.1, 0.15) is 32.6 Å². The quantitative estimate of drug-likeness (QED) is 0.511. The SMILES string of the molecule is CC1SC(CCCCC(=O)O)C2NC(=O)NC12. The highest BCUT2D eigenvalue weighted by Gasteiger charge is 2.46. The minimum Gasteiger partial charge on any atom is -0.481 e. The van der Waals surface area contributed by atoms with Crippen molar-refractivity contribution in [2.45, 2.75) is 55.2 Å². The summed E-state index contributed by atoms with van der Waals surface area (Å²) < 4.78 is 0. The van der Waals surface area contributed by atoms with Gasteiger partial charge in [-0.2, -0.15) is 11.8 Å². The van der Waals surface area contributed by atoms with Crippen molar-refractivity contribution < 1.29 is 14.7 Å². The fraction of sp³-hybridized carbons (Fsp3) is 0.818. The summed E-state index contributed by atoms with van der Waals surface area (Å²) in [6, 6.07) is 0.381. The van der Waals surface area contributed by atoms with Crippen molar-refractivity contribution >= 4 is 23.8 Å². The molecule has 2 aliphatic rings. The zero-order valence-electron chi connectivity index (χ0n) is 9.81. The van der Waals surface area contributed by atoms with E-state index in [1.807, 2.05) is 11.8 Å². The summed E-state index contributed by atoms with van der Waals surface area (Å²) >= 11 is 1.89. The highest BCUT2D eigenvalue weighted by Crippen LogP contribution is 2.38. The number of thioether (sulfide) groups is 1. The van der Waals surface area contributed by atoms with Crippen molar-refractivity contribution in [1.82, 2.24) is 10.6 Å². The number of rotatable bonds is 5. The first-order valence-electron chi connectivity index (χ1n) is 6.02. The number of hydrogen-bond donors (Lipinski definition) is 3. The van der Waals surface area contributed by atoms with Gasteiger partial charge in [0.15, 0.2) is 0 Å². The summed E-state index contributed by atoms with van der Waals surface area (Å²) in [5, 5.41) is 15.3. The maximum Gasteiger partial charge on any atom is 0.315 e. The Morgan fingerprint density at radius 3 is 2.76 bits per heavy atom. The van der Waals surface area contributed by atoms with Crippen molar-refractivity contribution in [2.75, 3.05) is 0 Å². The average molecular weight is 258 g/mol. The van der Waals surface area contributed by atoms with E-state index in [0.717, 1.165) is 19.3 Å². The van der Waals surface area contributed by atoms with E-state index in [9.17, 15) is 9.59 Å². The van der Waals surface area contributed by atoms with Gasteiger partial charge in [0.25, 0.3) is 0 Å². The largest absolute Gasteiger partial charge is 0.481 e. The molecule has 0 spiro atoms. The van der Waals surface area contributed by atoms with Gasteiger partial charge in [-0.05, 0) is 12.8 Å². The van der Waals surface area contributed by atoms with Gasteiger partial charge < -0.3 is 15.7 Å². The minimum absolute atomic E-state index is 0.0670. The van der Waals surface area contributed by atoms with E-state index in [1.165, 1.54) is 0 Å². The van der Waals surface area contributed by atoms with Crippen LogP contribution in [0.2, 0.25) is 0 Å². The van der Waals surface area contributed by atoms with Gasteiger partial charge in [0.2, 0.25) is 0 Å². The number of carbonyl (C=O) groups excluding carboxylic acids is 1. The van der Waals surface area contributed by atoms with Crippen LogP contribution in [-0.2, 0) is 4.79 Å². The first kappa shape index (κ1) is 12.5. The second-order valence-corrected chi connectivity index (χ2v) is 6.31. The van der Waals surface area contributed by atoms with Crippen LogP contribution in [0, 0.1) is 0 Å². The summed E-state index contributed by atoms with van der Waals surface area (Å²) in [6.07, 6.45) is 2.85. The number of urea groups is 1. The van der Waals surface area contributed by atoms with E-state index in [2.05, 4.69) is 17.6 Å². The number of fused-ring (bicyclic) bond motifs is 1. The fourth-order valence-electron chi connectivity index (χ4n) is 2.57. The molecule has 2 amide bonds. The number of amides is 2. The summed E-state index contributed by atoms with van der Waals surface area (Å²) in [5.41, 5.74) is 0. The molecule has 2 fully saturated rings. The summed E-state index contributed by atoms with van der Waals surface area (Å²) in [5.74, 6) is -0.730. The van der Waals surface area contributed by atoms with Crippen molar-refractivity contribution in [1.29, 1.82) is 0 Å². The van der Waals surface area contributed by atoms with Gasteiger partial charge in [0, 0.05) is 16.9 Å². The van der Waals surface area contributed by atoms with Crippen LogP contribution in [0.5, 0.6) is 0 Å². The van der Waals surface area contributed by atoms with Gasteiger partial charge in [-0.25, -0.2) is 4.79 Å². The van der Waals surface area contributed by atoms with Crippen LogP contribution < -0.4 is 10.6 Å². The predicted octanol–water partition coefficient (Wildman–Crippen LogP) is 1.19. The number of carboxylic acids is 1. The molecule has 17 heavy (non-hydrogen) atoms. The lowest BCUT2D eigenvalue weighted by atomic mass is 10.0. The molecule has 0 bridgehead atoms. The Labute approximate surface area is 105 Å². The van der Waals surface area contributed by atoms with Gasteiger partial charge in [-0.3, -0.25) is 4.79 Å². The molecular formula is C11H18N2O3S. The monoisotopic (exact) mass is 258 g/mol. The molecule has 3 N–H and O–H groups in total. The molecule has 5 nitrogen and oxygen atoms in total. The number of unbranched alkanes of at least 4 members (excludes halogenated alkanes) is 1. The van der Waals surface area contributed by atoms with Gasteiger partial charge in [0.05, 0.1) is 12.1 Å². The maximum atomic E-state index is 11.3. The lowest BCUT2D eigenvalue weighted by molar-refractivity contribution is -0.137. The zero-order valence-corrected chi connectivity index (χ0v) is 10.6. The minimum atomic E-state index is -0.730. The number of nitrogens with one attached hydrogen (secondary N) is 2. The smallest absolute Gasteiger partial charge is 0.315 e. The number of aliphatic carboxylic acids is 1. The first-order chi connectivity index (χ1) is 8.08. The first-order valence-corrected chi connectivity index (χ1v) is 6.96. The Morgan fingerprint density at radius 1 is 1.35 bits per heavy atom. The van der Waals surface area contributed by atoms with Crippen LogP contribution in [0.3, 0.4) is 0 Å². The lowest BCUT2D eigenvalue weighted by Gasteiger charge is -2.16. The van der Waals surface area contributed by atoms with Crippen LogP contribution in [0.25, 0.3) is 0 Å². The highest BCUT2D eigenvalue weighted by molar-refractivity contribution is 8.00. The molecule has 4 atom stereocenters. The lowest BCUT2D eigenvalue weighted by Crippen LogP contribution is -2.38. The second kappa shape index (κ2) is 5.16. The third-order valence-electron chi connectivity index (χ3n) is 3.41. The topological polar surface area (TPSA) is 78.4 Å². The summed E-state index contributed by atoms with van der Waals surface area (Å²) in [7, 11) is 0. The fourth-order valence-corrected chi connectivity index (χ4v) is 4.24. The van der Waals surface area contributed by atoms with Crippen molar-refractivity contribution in [3.05, 3.63) is 0 Å². The number of carboxylic acid groups (broad SMARTS) is 1. The standard InChI is InChI=1S/C11H18N2O3S/c1-6-9-10(13-11(16)12-9)7(17-6)4-2-3-5-8(14)15/h6-7,9-10H,2-5H2,1H3,(H,14,15)(H2,12,13,16). The molecule has 2 aliphatic heterocycles. The molecular weight excluding hydrogens is 240 g/mol. The Balaban J connectivity index is 1.78. The van der Waals surface area contributed by atoms with Gasteiger partial charge in [0.1, 0.15) is 0 Å². The molecule has 0 radical (unpaired) electrons. The number of carbonyl (C=O) groups is 2. The third kappa shape index (κ3) is 2.86. The van der Waals surface area contributed by atoms with Crippen LogP contribution >= 0.6 is 11.8 Å². The average Bonchev–Trinajstić information content (AvgIpc) is 2.74. The molecule has 2 rings (SSSR count). The molecule has 96 valence electrons. The van der Waals surface area contributed by atoms with Crippen LogP contribution in [0.15, 0.2) is 0 Å². The Bertz CT molecular complexity index is 324. The van der Waals surface area contributed by atoms with Crippen LogP contribution in [0.4, 0.5) is 4.79 Å². The Kier molecular flexibility index (Phi) is 3.81. The highest BCUT2D eigenvalue weighted by atomic mass is 32.2. The zero-order chi connectivity index (χ0) is 12.4. The molecule has 0 saturated carbocycles. The summed E-state index contributed by atoms with van der Waals surface area (Å²) in [4.78, 5) is 21.7. The Hall–Kier alpha value is -0.910. The van der Waals surface area contributed by atoms with Crippen molar-refractivity contribution in [3.8, 4) is 0 Å². The molecule has 4 unspecified atom stereocenters. The molecule has 0 aliphatic carbocycles. The van der Waals surface area contributed by atoms with E-state index >= 15 is 0 Å². The Morgan fingerprint density at radius 2 is 2.06 bits per heavy atom. The summed E-state index contributed by atoms with van der Waals surface area (Å²) in [6.45, 7) is 2.13. The normalized spacial score (nSPS) is 35.2. The van der Waals surface area contributed by atoms with Gasteiger partial charge in [-0.1, -0.05) is 13.3 Å². The molecule has 2 heterocycles. The maximum absolute atomic E-state index is 11.3. The number of hydrogen-bond acceptors (Lipinski definition) is 3. The van der Waals surface area contributed by atoms with E-state index in [1.54, 1.807) is 0 Å². The van der Waals surface area contributed by atoms with Crippen molar-refractivity contribution in [3.63, 3.8) is 0 Å². The van der Waals surface area contributed by atoms with Crippen molar-refractivity contribution in [2.24, 2.45) is 0 Å². The second-order valence-electron chi connectivity index (χ2n) is 4.69. The van der Waals surface area contributed by atoms with E-state index < -0.39 is 5.97 Å². The van der Waals surface area contributed by atoms with E-state index in [-0.39, 0.29) is 24.5 Å². The molecule has 6 heteroatoms. The molecule has 0 aromatic heterocycles. The van der Waals surface area contributed by atoms with Gasteiger partial charge in [-0.15, -0.1) is 0 Å². The van der Waals surface area contributed by atoms with E-state index in [4.69, 9.17) is 5.11 Å². The third-order valence-corrected chi connectivity index (χ3v) is 5.01. The van der Waals surface area contributed by atoms with Crippen LogP contribution in [-0.4, -0.2) is 39.7 Å². The van der Waals surface area contributed by atoms with Gasteiger partial charge >= 0.3 is 12.0 Å². The predicted molar refractivity (Wildman–Crippen MR) is 66.2 cm³/mol. The molecule has 0 aromatic carbocycles. The van der Waals surface area contributed by atoms with E-state index in [0.29, 0.717) is 10.5 Å². The molecule has 2 saturated heterocycles.